The first kappa shape index (κ1) is 35.9. The van der Waals surface area contributed by atoms with Crippen LogP contribution in [0, 0.1) is 11.8 Å². The van der Waals surface area contributed by atoms with Crippen LogP contribution in [0.1, 0.15) is 93.7 Å². The number of ketones is 2. The second-order valence-corrected chi connectivity index (χ2v) is 17.3. The number of Topliss-reactive ketones (excluding diaryl/α,β-unsaturated/α-hetero) is 2. The number of benzene rings is 2. The van der Waals surface area contributed by atoms with Crippen molar-refractivity contribution in [2.75, 3.05) is 13.2 Å². The van der Waals surface area contributed by atoms with Crippen molar-refractivity contribution in [1.82, 2.24) is 9.80 Å². The first-order valence-electron chi connectivity index (χ1n) is 17.9. The Hall–Kier alpha value is -4.52. The molecule has 7 rings (SSSR count). The third kappa shape index (κ3) is 6.75. The lowest BCUT2D eigenvalue weighted by molar-refractivity contribution is -0.176. The Bertz CT molecular complexity index is 1990. The summed E-state index contributed by atoms with van der Waals surface area (Å²) < 4.78 is 22.8. The molecule has 2 amide bonds. The summed E-state index contributed by atoms with van der Waals surface area (Å²) >= 11 is 1.27. The lowest BCUT2D eigenvalue weighted by atomic mass is 9.65. The number of esters is 2. The molecule has 4 fully saturated rings. The van der Waals surface area contributed by atoms with E-state index in [-0.39, 0.29) is 35.5 Å². The van der Waals surface area contributed by atoms with Crippen LogP contribution in [-0.4, -0.2) is 94.1 Å². The van der Waals surface area contributed by atoms with Crippen molar-refractivity contribution in [2.24, 2.45) is 11.8 Å². The Morgan fingerprint density at radius 1 is 0.712 bits per heavy atom. The molecule has 2 saturated heterocycles. The van der Waals surface area contributed by atoms with Crippen LogP contribution in [0.3, 0.4) is 0 Å². The molecule has 4 aliphatic rings. The molecular formula is C39H44N2O10S. The molecule has 52 heavy (non-hydrogen) atoms. The largest absolute Gasteiger partial charge is 0.456 e. The number of nitrogens with zero attached hydrogens (tertiary/aromatic N) is 2. The number of thiophene rings is 1. The van der Waals surface area contributed by atoms with Gasteiger partial charge in [-0.15, -0.1) is 11.3 Å². The molecule has 276 valence electrons. The number of carbonyl (C=O) groups is 6. The SMILES string of the molecule is CC(C)(C)OC(=O)N1C2CC[C@@H]2[C@H]1C(=O)OCC(=O)c1ccc2c(ccc3cc(C(=O)COC(=O)[C@H]4[C@H]5CC[C@H](C5)N4C(=O)OC(C)(C)C)sc32)c1. The second kappa shape index (κ2) is 13.2. The van der Waals surface area contributed by atoms with Gasteiger partial charge in [0.25, 0.3) is 0 Å². The van der Waals surface area contributed by atoms with Gasteiger partial charge in [-0.3, -0.25) is 19.4 Å². The number of hydrogen-bond acceptors (Lipinski definition) is 11. The number of rotatable bonds is 8. The minimum Gasteiger partial charge on any atom is -0.456 e. The average Bonchev–Trinajstić information content (AvgIpc) is 3.80. The summed E-state index contributed by atoms with van der Waals surface area (Å²) in [6.45, 7) is 9.73. The van der Waals surface area contributed by atoms with Crippen LogP contribution < -0.4 is 0 Å². The fourth-order valence-corrected chi connectivity index (χ4v) is 9.11. The topological polar surface area (TPSA) is 146 Å². The number of likely N-dealkylation sites (tertiary alicyclic amines) is 2. The first-order chi connectivity index (χ1) is 24.5. The van der Waals surface area contributed by atoms with Crippen LogP contribution in [0.5, 0.6) is 0 Å². The summed E-state index contributed by atoms with van der Waals surface area (Å²) in [4.78, 5) is 81.7. The highest BCUT2D eigenvalue weighted by Gasteiger charge is 2.61. The number of carbonyl (C=O) groups excluding carboxylic acids is 6. The maximum atomic E-state index is 13.3. The van der Waals surface area contributed by atoms with E-state index < -0.39 is 60.6 Å². The first-order valence-corrected chi connectivity index (χ1v) is 18.7. The van der Waals surface area contributed by atoms with Gasteiger partial charge >= 0.3 is 24.1 Å². The van der Waals surface area contributed by atoms with Crippen LogP contribution >= 0.6 is 11.3 Å². The van der Waals surface area contributed by atoms with Gasteiger partial charge in [-0.2, -0.15) is 0 Å². The highest BCUT2D eigenvalue weighted by molar-refractivity contribution is 7.21. The molecule has 6 atom stereocenters. The van der Waals surface area contributed by atoms with Gasteiger partial charge in [0.1, 0.15) is 23.3 Å². The normalized spacial score (nSPS) is 24.9. The lowest BCUT2D eigenvalue weighted by Crippen LogP contribution is -2.73. The predicted octanol–water partition coefficient (Wildman–Crippen LogP) is 6.69. The molecule has 0 spiro atoms. The molecule has 1 aromatic heterocycles. The Morgan fingerprint density at radius 2 is 1.35 bits per heavy atom. The van der Waals surface area contributed by atoms with Gasteiger partial charge in [-0.25, -0.2) is 19.2 Å². The quantitative estimate of drug-likeness (QED) is 0.139. The molecule has 12 nitrogen and oxygen atoms in total. The molecule has 2 saturated carbocycles. The Labute approximate surface area is 305 Å². The van der Waals surface area contributed by atoms with Gasteiger partial charge < -0.3 is 18.9 Å². The van der Waals surface area contributed by atoms with E-state index >= 15 is 0 Å². The molecule has 0 N–H and O–H groups in total. The van der Waals surface area contributed by atoms with E-state index in [0.29, 0.717) is 16.9 Å². The van der Waals surface area contributed by atoms with Crippen molar-refractivity contribution in [3.05, 3.63) is 46.8 Å². The fourth-order valence-electron chi connectivity index (χ4n) is 7.99. The van der Waals surface area contributed by atoms with E-state index in [0.717, 1.165) is 46.5 Å². The summed E-state index contributed by atoms with van der Waals surface area (Å²) in [5.41, 5.74) is -1.04. The molecule has 0 radical (unpaired) electrons. The summed E-state index contributed by atoms with van der Waals surface area (Å²) in [6.07, 6.45) is 2.87. The van der Waals surface area contributed by atoms with Crippen LogP contribution in [0.25, 0.3) is 20.9 Å². The molecular weight excluding hydrogens is 689 g/mol. The van der Waals surface area contributed by atoms with Gasteiger partial charge in [-0.05, 0) is 108 Å². The highest BCUT2D eigenvalue weighted by atomic mass is 32.1. The zero-order valence-electron chi connectivity index (χ0n) is 30.3. The van der Waals surface area contributed by atoms with E-state index in [2.05, 4.69) is 0 Å². The Morgan fingerprint density at radius 3 is 2.00 bits per heavy atom. The third-order valence-electron chi connectivity index (χ3n) is 10.4. The zero-order chi connectivity index (χ0) is 37.3. The van der Waals surface area contributed by atoms with E-state index in [1.165, 1.54) is 21.1 Å². The van der Waals surface area contributed by atoms with Gasteiger partial charge in [0.15, 0.2) is 19.0 Å². The summed E-state index contributed by atoms with van der Waals surface area (Å²) in [7, 11) is 0. The van der Waals surface area contributed by atoms with Crippen molar-refractivity contribution >= 4 is 67.9 Å². The molecule has 2 aliphatic carbocycles. The van der Waals surface area contributed by atoms with Crippen molar-refractivity contribution in [2.45, 2.75) is 109 Å². The van der Waals surface area contributed by atoms with Crippen LogP contribution in [0.2, 0.25) is 0 Å². The van der Waals surface area contributed by atoms with Gasteiger partial charge in [0.2, 0.25) is 5.78 Å². The number of amides is 2. The number of fused-ring (bicyclic) bond motifs is 6. The predicted molar refractivity (Wildman–Crippen MR) is 191 cm³/mol. The summed E-state index contributed by atoms with van der Waals surface area (Å²) in [5, 5.41) is 2.43. The van der Waals surface area contributed by atoms with Crippen molar-refractivity contribution < 1.29 is 47.7 Å². The molecule has 2 bridgehead atoms. The van der Waals surface area contributed by atoms with Gasteiger partial charge in [0, 0.05) is 28.3 Å². The van der Waals surface area contributed by atoms with Crippen LogP contribution in [0.4, 0.5) is 9.59 Å². The van der Waals surface area contributed by atoms with Crippen LogP contribution in [0.15, 0.2) is 36.4 Å². The van der Waals surface area contributed by atoms with Crippen LogP contribution in [-0.2, 0) is 28.5 Å². The molecule has 3 aromatic rings. The minimum absolute atomic E-state index is 0.0183. The second-order valence-electron chi connectivity index (χ2n) is 16.3. The standard InChI is InChI=1S/C39H44N2O10S/c1-38(2,3)50-36(46)40-24-11-9-22(16-24)31(40)34(44)49-19-29(43)30-17-23-8-7-20-15-21(10-12-25(20)33(23)52-30)28(42)18-48-35(45)32-26-13-14-27(26)41(32)37(47)51-39(4,5)6/h7-8,10,12,15,17,22,24,26-27,31-32H,9,11,13-14,16,18-19H2,1-6H3/t22-,24+,26-,27?,31+,32-/m0/s1. The van der Waals surface area contributed by atoms with Crippen molar-refractivity contribution in [3.63, 3.8) is 0 Å². The average molecular weight is 733 g/mol. The molecule has 2 aliphatic heterocycles. The number of hydrogen-bond donors (Lipinski definition) is 0. The van der Waals surface area contributed by atoms with Gasteiger partial charge in [0.05, 0.1) is 4.88 Å². The summed E-state index contributed by atoms with van der Waals surface area (Å²) in [6, 6.07) is 9.01. The third-order valence-corrected chi connectivity index (χ3v) is 11.6. The molecule has 3 heterocycles. The lowest BCUT2D eigenvalue weighted by Gasteiger charge is -2.59. The molecule has 13 heteroatoms. The van der Waals surface area contributed by atoms with E-state index in [9.17, 15) is 28.8 Å². The maximum absolute atomic E-state index is 13.3. The number of ether oxygens (including phenoxy) is 4. The number of piperidine rings is 2. The molecule has 2 aromatic carbocycles. The van der Waals surface area contributed by atoms with Crippen molar-refractivity contribution in [1.29, 1.82) is 0 Å². The smallest absolute Gasteiger partial charge is 0.411 e. The van der Waals surface area contributed by atoms with E-state index in [1.807, 2.05) is 12.1 Å². The zero-order valence-corrected chi connectivity index (χ0v) is 31.1. The Kier molecular flexibility index (Phi) is 9.07. The highest BCUT2D eigenvalue weighted by Crippen LogP contribution is 2.48. The van der Waals surface area contributed by atoms with E-state index in [4.69, 9.17) is 18.9 Å². The fraction of sp³-hybridized carbons (Fsp3) is 0.538. The van der Waals surface area contributed by atoms with E-state index in [1.54, 1.807) is 65.8 Å². The molecule has 1 unspecified atom stereocenters. The monoisotopic (exact) mass is 732 g/mol. The van der Waals surface area contributed by atoms with Gasteiger partial charge in [-0.1, -0.05) is 24.3 Å². The van der Waals surface area contributed by atoms with Crippen molar-refractivity contribution in [3.8, 4) is 0 Å². The summed E-state index contributed by atoms with van der Waals surface area (Å²) in [5.74, 6) is -1.95. The minimum atomic E-state index is -0.770. The maximum Gasteiger partial charge on any atom is 0.411 e. The Balaban J connectivity index is 0.976.